The van der Waals surface area contributed by atoms with Crippen LogP contribution in [0, 0.1) is 5.92 Å². The third kappa shape index (κ3) is 2.64. The molecule has 0 radical (unpaired) electrons. The van der Waals surface area contributed by atoms with E-state index in [2.05, 4.69) is 0 Å². The molecule has 1 amide bonds. The van der Waals surface area contributed by atoms with Gasteiger partial charge in [0.05, 0.1) is 6.10 Å². The summed E-state index contributed by atoms with van der Waals surface area (Å²) in [5, 5.41) is 18.6. The Morgan fingerprint density at radius 1 is 1.17 bits per heavy atom. The Morgan fingerprint density at radius 3 is 2.33 bits per heavy atom. The number of aliphatic hydroxyl groups is 1. The minimum atomic E-state index is -1.03. The highest BCUT2D eigenvalue weighted by Crippen LogP contribution is 2.28. The predicted octanol–water partition coefficient (Wildman–Crippen LogP) is -0.450. The molecule has 1 aliphatic carbocycles. The summed E-state index contributed by atoms with van der Waals surface area (Å²) in [4.78, 5) is 24.7. The van der Waals surface area contributed by atoms with Crippen LogP contribution in [0.4, 0.5) is 0 Å². The number of carbonyl (C=O) groups is 2. The number of rotatable bonds is 2. The van der Waals surface area contributed by atoms with Crippen molar-refractivity contribution in [1.82, 2.24) is 4.90 Å². The van der Waals surface area contributed by atoms with Gasteiger partial charge in [0.2, 0.25) is 5.91 Å². The average molecular weight is 256 g/mol. The summed E-state index contributed by atoms with van der Waals surface area (Å²) in [5.41, 5.74) is 5.79. The van der Waals surface area contributed by atoms with Gasteiger partial charge in [-0.15, -0.1) is 0 Å². The van der Waals surface area contributed by atoms with Crippen molar-refractivity contribution >= 4 is 11.9 Å². The number of aliphatic hydroxyl groups excluding tert-OH is 1. The van der Waals surface area contributed by atoms with Crippen LogP contribution in [0.1, 0.15) is 32.1 Å². The van der Waals surface area contributed by atoms with Gasteiger partial charge in [-0.2, -0.15) is 0 Å². The minimum absolute atomic E-state index is 0.128. The number of aliphatic carboxylic acids is 1. The third-order valence-corrected chi connectivity index (χ3v) is 3.97. The Morgan fingerprint density at radius 2 is 1.78 bits per heavy atom. The molecule has 2 rings (SSSR count). The van der Waals surface area contributed by atoms with Crippen molar-refractivity contribution in [2.45, 2.75) is 50.3 Å². The highest BCUT2D eigenvalue weighted by Gasteiger charge is 2.41. The number of hydrogen-bond acceptors (Lipinski definition) is 4. The van der Waals surface area contributed by atoms with Crippen LogP contribution in [0.3, 0.4) is 0 Å². The maximum atomic E-state index is 12.3. The Balaban J connectivity index is 2.01. The minimum Gasteiger partial charge on any atom is -0.480 e. The van der Waals surface area contributed by atoms with Crippen molar-refractivity contribution in [2.24, 2.45) is 11.7 Å². The van der Waals surface area contributed by atoms with Gasteiger partial charge in [0.15, 0.2) is 0 Å². The highest BCUT2D eigenvalue weighted by atomic mass is 16.4. The number of carboxylic acids is 1. The van der Waals surface area contributed by atoms with Crippen molar-refractivity contribution in [3.63, 3.8) is 0 Å². The molecule has 6 heteroatoms. The number of nitrogens with two attached hydrogens (primary N) is 1. The monoisotopic (exact) mass is 256 g/mol. The van der Waals surface area contributed by atoms with Crippen LogP contribution in [0.5, 0.6) is 0 Å². The third-order valence-electron chi connectivity index (χ3n) is 3.97. The molecule has 2 atom stereocenters. The average Bonchev–Trinajstić information content (AvgIpc) is 2.71. The van der Waals surface area contributed by atoms with E-state index in [0.29, 0.717) is 0 Å². The van der Waals surface area contributed by atoms with E-state index in [1.54, 1.807) is 0 Å². The first-order valence-corrected chi connectivity index (χ1v) is 6.46. The molecule has 18 heavy (non-hydrogen) atoms. The maximum Gasteiger partial charge on any atom is 0.326 e. The number of nitrogens with zero attached hydrogens (tertiary/aromatic N) is 1. The molecule has 4 N–H and O–H groups in total. The first kappa shape index (κ1) is 13.3. The zero-order valence-electron chi connectivity index (χ0n) is 10.3. The smallest absolute Gasteiger partial charge is 0.326 e. The lowest BCUT2D eigenvalue weighted by molar-refractivity contribution is -0.150. The number of amides is 1. The number of β-amino-alcohol motifs (C(OH)–C–C–N with tert-alkyl or cyclic N) is 1. The van der Waals surface area contributed by atoms with Gasteiger partial charge in [0, 0.05) is 24.9 Å². The van der Waals surface area contributed by atoms with E-state index < -0.39 is 18.1 Å². The van der Waals surface area contributed by atoms with Gasteiger partial charge >= 0.3 is 5.97 Å². The molecule has 0 aromatic carbocycles. The molecular weight excluding hydrogens is 236 g/mol. The predicted molar refractivity (Wildman–Crippen MR) is 63.7 cm³/mol. The summed E-state index contributed by atoms with van der Waals surface area (Å²) in [6.07, 6.45) is 2.47. The van der Waals surface area contributed by atoms with Crippen LogP contribution in [-0.4, -0.2) is 51.7 Å². The SMILES string of the molecule is NC1CCC(C(=O)N2C[C@H](O)C[C@H]2C(=O)O)CC1. The summed E-state index contributed by atoms with van der Waals surface area (Å²) in [5.74, 6) is -1.30. The molecule has 1 saturated heterocycles. The highest BCUT2D eigenvalue weighted by molar-refractivity contribution is 5.85. The quantitative estimate of drug-likeness (QED) is 0.621. The van der Waals surface area contributed by atoms with Gasteiger partial charge in [0.25, 0.3) is 0 Å². The van der Waals surface area contributed by atoms with E-state index in [9.17, 15) is 14.7 Å². The van der Waals surface area contributed by atoms with E-state index in [0.717, 1.165) is 25.7 Å². The normalized spacial score (nSPS) is 36.7. The number of carboxylic acid groups (broad SMARTS) is 1. The molecule has 0 unspecified atom stereocenters. The molecule has 6 nitrogen and oxygen atoms in total. The van der Waals surface area contributed by atoms with Gasteiger partial charge in [-0.1, -0.05) is 0 Å². The Hall–Kier alpha value is -1.14. The van der Waals surface area contributed by atoms with E-state index >= 15 is 0 Å². The zero-order valence-corrected chi connectivity index (χ0v) is 10.3. The van der Waals surface area contributed by atoms with E-state index in [4.69, 9.17) is 10.8 Å². The van der Waals surface area contributed by atoms with Crippen LogP contribution in [0.15, 0.2) is 0 Å². The molecule has 1 heterocycles. The second-order valence-electron chi connectivity index (χ2n) is 5.35. The molecule has 1 aliphatic heterocycles. The molecule has 102 valence electrons. The molecule has 0 aromatic heterocycles. The van der Waals surface area contributed by atoms with Crippen LogP contribution in [0.2, 0.25) is 0 Å². The summed E-state index contributed by atoms with van der Waals surface area (Å²) in [6.45, 7) is 0.137. The van der Waals surface area contributed by atoms with Gasteiger partial charge in [-0.05, 0) is 25.7 Å². The lowest BCUT2D eigenvalue weighted by Crippen LogP contribution is -2.45. The first-order valence-electron chi connectivity index (χ1n) is 6.46. The Bertz CT molecular complexity index is 339. The van der Waals surface area contributed by atoms with Crippen LogP contribution in [0.25, 0.3) is 0 Å². The van der Waals surface area contributed by atoms with Gasteiger partial charge < -0.3 is 20.8 Å². The summed E-state index contributed by atoms with van der Waals surface area (Å²) < 4.78 is 0. The molecule has 0 spiro atoms. The van der Waals surface area contributed by atoms with Crippen LogP contribution < -0.4 is 5.73 Å². The fraction of sp³-hybridized carbons (Fsp3) is 0.833. The number of carbonyl (C=O) groups excluding carboxylic acids is 1. The van der Waals surface area contributed by atoms with Crippen molar-refractivity contribution in [3.8, 4) is 0 Å². The molecule has 0 bridgehead atoms. The second-order valence-corrected chi connectivity index (χ2v) is 5.35. The van der Waals surface area contributed by atoms with Crippen LogP contribution in [-0.2, 0) is 9.59 Å². The molecule has 2 aliphatic rings. The molecule has 2 fully saturated rings. The van der Waals surface area contributed by atoms with Crippen molar-refractivity contribution in [2.75, 3.05) is 6.54 Å². The lowest BCUT2D eigenvalue weighted by atomic mass is 9.85. The van der Waals surface area contributed by atoms with Crippen molar-refractivity contribution < 1.29 is 19.8 Å². The molecule has 1 saturated carbocycles. The standard InChI is InChI=1S/C12H20N2O4/c13-8-3-1-7(2-4-8)11(16)14-6-9(15)5-10(14)12(17)18/h7-10,15H,1-6,13H2,(H,17,18)/t7?,8?,9-,10+/m1/s1. The van der Waals surface area contributed by atoms with Gasteiger partial charge in [0.1, 0.15) is 6.04 Å². The second kappa shape index (κ2) is 5.24. The lowest BCUT2D eigenvalue weighted by Gasteiger charge is -2.30. The van der Waals surface area contributed by atoms with Crippen molar-refractivity contribution in [1.29, 1.82) is 0 Å². The molecule has 0 aromatic rings. The fourth-order valence-corrected chi connectivity index (χ4v) is 2.89. The fourth-order valence-electron chi connectivity index (χ4n) is 2.89. The summed E-state index contributed by atoms with van der Waals surface area (Å²) >= 11 is 0. The Labute approximate surface area is 106 Å². The number of hydrogen-bond donors (Lipinski definition) is 3. The van der Waals surface area contributed by atoms with Crippen molar-refractivity contribution in [3.05, 3.63) is 0 Å². The van der Waals surface area contributed by atoms with E-state index in [1.807, 2.05) is 0 Å². The van der Waals surface area contributed by atoms with Crippen LogP contribution >= 0.6 is 0 Å². The van der Waals surface area contributed by atoms with E-state index in [1.165, 1.54) is 4.90 Å². The van der Waals surface area contributed by atoms with Gasteiger partial charge in [-0.3, -0.25) is 4.79 Å². The van der Waals surface area contributed by atoms with Gasteiger partial charge in [-0.25, -0.2) is 4.79 Å². The summed E-state index contributed by atoms with van der Waals surface area (Å²) in [6, 6.07) is -0.711. The molecular formula is C12H20N2O4. The van der Waals surface area contributed by atoms with E-state index in [-0.39, 0.29) is 30.8 Å². The topological polar surface area (TPSA) is 104 Å². The maximum absolute atomic E-state index is 12.3. The summed E-state index contributed by atoms with van der Waals surface area (Å²) in [7, 11) is 0. The number of likely N-dealkylation sites (tertiary alicyclic amines) is 1. The Kier molecular flexibility index (Phi) is 3.87. The largest absolute Gasteiger partial charge is 0.480 e. The first-order chi connectivity index (χ1) is 8.49. The zero-order chi connectivity index (χ0) is 13.3.